The van der Waals surface area contributed by atoms with Crippen LogP contribution in [0.1, 0.15) is 55.1 Å². The molecule has 0 bridgehead atoms. The fraction of sp³-hybridized carbons (Fsp3) is 0.529. The molecule has 0 unspecified atom stereocenters. The first-order valence-corrected chi connectivity index (χ1v) is 7.60. The summed E-state index contributed by atoms with van der Waals surface area (Å²) in [5.41, 5.74) is 1.61. The molecule has 1 aliphatic heterocycles. The summed E-state index contributed by atoms with van der Waals surface area (Å²) in [5.74, 6) is -0.915. The summed E-state index contributed by atoms with van der Waals surface area (Å²) in [4.78, 5) is 25.3. The van der Waals surface area contributed by atoms with E-state index in [0.29, 0.717) is 12.1 Å². The van der Waals surface area contributed by atoms with Crippen molar-refractivity contribution in [3.63, 3.8) is 0 Å². The minimum absolute atomic E-state index is 0.283. The van der Waals surface area contributed by atoms with Crippen LogP contribution in [-0.2, 0) is 16.7 Å². The van der Waals surface area contributed by atoms with Crippen LogP contribution in [0.15, 0.2) is 18.2 Å². The average Bonchev–Trinajstić information content (AvgIpc) is 2.75. The number of hydrogen-bond donors (Lipinski definition) is 1. The highest BCUT2D eigenvalue weighted by Crippen LogP contribution is 2.50. The van der Waals surface area contributed by atoms with Crippen molar-refractivity contribution in [1.29, 1.82) is 0 Å². The maximum atomic E-state index is 12.4. The molecule has 22 heavy (non-hydrogen) atoms. The molecule has 118 valence electrons. The molecular formula is C17H21NO4. The Morgan fingerprint density at radius 2 is 2.00 bits per heavy atom. The summed E-state index contributed by atoms with van der Waals surface area (Å²) in [7, 11) is 0. The fourth-order valence-electron chi connectivity index (χ4n) is 3.48. The molecule has 1 spiro atoms. The Hall–Kier alpha value is -2.04. The molecule has 1 heterocycles. The van der Waals surface area contributed by atoms with Gasteiger partial charge < -0.3 is 9.84 Å². The van der Waals surface area contributed by atoms with Gasteiger partial charge in [-0.2, -0.15) is 0 Å². The lowest BCUT2D eigenvalue weighted by Crippen LogP contribution is -2.59. The maximum Gasteiger partial charge on any atom is 0.411 e. The molecular weight excluding hydrogens is 282 g/mol. The van der Waals surface area contributed by atoms with Crippen molar-refractivity contribution in [3.05, 3.63) is 34.9 Å². The van der Waals surface area contributed by atoms with E-state index < -0.39 is 11.6 Å². The first kappa shape index (κ1) is 14.9. The highest BCUT2D eigenvalue weighted by molar-refractivity contribution is 5.88. The van der Waals surface area contributed by atoms with Crippen molar-refractivity contribution in [2.45, 2.75) is 51.2 Å². The van der Waals surface area contributed by atoms with Gasteiger partial charge in [0.15, 0.2) is 0 Å². The Balaban J connectivity index is 1.88. The van der Waals surface area contributed by atoms with Crippen molar-refractivity contribution < 1.29 is 19.4 Å². The van der Waals surface area contributed by atoms with E-state index in [2.05, 4.69) is 0 Å². The number of aromatic carboxylic acids is 1. The molecule has 1 aromatic rings. The normalized spacial score (nSPS) is 23.1. The van der Waals surface area contributed by atoms with Gasteiger partial charge in [0.05, 0.1) is 11.1 Å². The van der Waals surface area contributed by atoms with Crippen LogP contribution in [0.5, 0.6) is 0 Å². The predicted molar refractivity (Wildman–Crippen MR) is 81.0 cm³/mol. The van der Waals surface area contributed by atoms with Crippen molar-refractivity contribution in [2.75, 3.05) is 6.54 Å². The van der Waals surface area contributed by atoms with Gasteiger partial charge in [-0.05, 0) is 63.3 Å². The summed E-state index contributed by atoms with van der Waals surface area (Å²) in [6.45, 7) is 6.27. The molecule has 0 radical (unpaired) electrons. The molecule has 1 fully saturated rings. The van der Waals surface area contributed by atoms with Gasteiger partial charge in [0.25, 0.3) is 0 Å². The third-order valence-corrected chi connectivity index (χ3v) is 4.54. The Morgan fingerprint density at radius 1 is 1.27 bits per heavy atom. The van der Waals surface area contributed by atoms with Crippen molar-refractivity contribution >= 4 is 12.1 Å². The largest absolute Gasteiger partial charge is 0.478 e. The number of amides is 1. The number of carbonyl (C=O) groups is 2. The van der Waals surface area contributed by atoms with Crippen LogP contribution in [0.4, 0.5) is 4.79 Å². The number of fused-ring (bicyclic) bond motifs is 2. The molecule has 0 saturated carbocycles. The van der Waals surface area contributed by atoms with E-state index >= 15 is 0 Å². The van der Waals surface area contributed by atoms with Gasteiger partial charge in [-0.3, -0.25) is 4.90 Å². The number of benzene rings is 1. The van der Waals surface area contributed by atoms with E-state index in [9.17, 15) is 9.59 Å². The SMILES string of the molecule is CC(C)(C)OC(=O)N1CC[C@@]12CCc1cc(C(=O)O)ccc12. The topological polar surface area (TPSA) is 66.8 Å². The number of ether oxygens (including phenoxy) is 1. The molecule has 1 aromatic carbocycles. The second-order valence-electron chi connectivity index (χ2n) is 7.09. The zero-order chi connectivity index (χ0) is 16.1. The molecule has 1 atom stereocenters. The van der Waals surface area contributed by atoms with Crippen LogP contribution in [0.2, 0.25) is 0 Å². The summed E-state index contributed by atoms with van der Waals surface area (Å²) in [5, 5.41) is 9.10. The first-order chi connectivity index (χ1) is 10.2. The van der Waals surface area contributed by atoms with Crippen molar-refractivity contribution in [3.8, 4) is 0 Å². The lowest BCUT2D eigenvalue weighted by molar-refractivity contribution is -0.0470. The monoisotopic (exact) mass is 303 g/mol. The summed E-state index contributed by atoms with van der Waals surface area (Å²) < 4.78 is 5.50. The molecule has 1 N–H and O–H groups in total. The van der Waals surface area contributed by atoms with Gasteiger partial charge in [-0.1, -0.05) is 6.07 Å². The van der Waals surface area contributed by atoms with E-state index in [-0.39, 0.29) is 11.6 Å². The van der Waals surface area contributed by atoms with Crippen molar-refractivity contribution in [1.82, 2.24) is 4.90 Å². The Labute approximate surface area is 129 Å². The van der Waals surface area contributed by atoms with Gasteiger partial charge in [0.2, 0.25) is 0 Å². The minimum Gasteiger partial charge on any atom is -0.478 e. The van der Waals surface area contributed by atoms with Crippen LogP contribution >= 0.6 is 0 Å². The zero-order valence-corrected chi connectivity index (χ0v) is 13.2. The number of aryl methyl sites for hydroxylation is 1. The van der Waals surface area contributed by atoms with Crippen LogP contribution in [-0.4, -0.2) is 34.2 Å². The lowest BCUT2D eigenvalue weighted by atomic mass is 9.79. The Bertz CT molecular complexity index is 647. The average molecular weight is 303 g/mol. The maximum absolute atomic E-state index is 12.4. The number of carboxylic acids is 1. The lowest BCUT2D eigenvalue weighted by Gasteiger charge is -2.51. The van der Waals surface area contributed by atoms with Crippen LogP contribution in [0.25, 0.3) is 0 Å². The van der Waals surface area contributed by atoms with E-state index in [1.807, 2.05) is 26.8 Å². The first-order valence-electron chi connectivity index (χ1n) is 7.60. The second kappa shape index (κ2) is 4.73. The quantitative estimate of drug-likeness (QED) is 0.865. The number of likely N-dealkylation sites (tertiary alicyclic amines) is 1. The minimum atomic E-state index is -0.915. The van der Waals surface area contributed by atoms with Gasteiger partial charge in [-0.15, -0.1) is 0 Å². The number of rotatable bonds is 1. The van der Waals surface area contributed by atoms with E-state index in [0.717, 1.165) is 30.4 Å². The Kier molecular flexibility index (Phi) is 3.20. The Morgan fingerprint density at radius 3 is 2.55 bits per heavy atom. The van der Waals surface area contributed by atoms with Crippen LogP contribution in [0, 0.1) is 0 Å². The van der Waals surface area contributed by atoms with Gasteiger partial charge in [-0.25, -0.2) is 9.59 Å². The molecule has 2 aliphatic rings. The van der Waals surface area contributed by atoms with Gasteiger partial charge in [0, 0.05) is 6.54 Å². The van der Waals surface area contributed by atoms with E-state index in [1.165, 1.54) is 0 Å². The van der Waals surface area contributed by atoms with Gasteiger partial charge >= 0.3 is 12.1 Å². The summed E-state index contributed by atoms with van der Waals surface area (Å²) >= 11 is 0. The molecule has 1 saturated heterocycles. The standard InChI is InChI=1S/C17H21NO4/c1-16(2,3)22-15(21)18-9-8-17(18)7-6-11-10-12(14(19)20)4-5-13(11)17/h4-5,10H,6-9H2,1-3H3,(H,19,20)/t17-/m1/s1. The molecule has 0 aromatic heterocycles. The van der Waals surface area contributed by atoms with Gasteiger partial charge in [0.1, 0.15) is 5.60 Å². The zero-order valence-electron chi connectivity index (χ0n) is 13.2. The molecule has 1 aliphatic carbocycles. The molecule has 5 heteroatoms. The number of hydrogen-bond acceptors (Lipinski definition) is 3. The molecule has 1 amide bonds. The molecule has 3 rings (SSSR count). The third kappa shape index (κ3) is 2.25. The number of nitrogens with zero attached hydrogens (tertiary/aromatic N) is 1. The van der Waals surface area contributed by atoms with Crippen LogP contribution < -0.4 is 0 Å². The highest BCUT2D eigenvalue weighted by Gasteiger charge is 2.53. The van der Waals surface area contributed by atoms with E-state index in [1.54, 1.807) is 17.0 Å². The van der Waals surface area contributed by atoms with E-state index in [4.69, 9.17) is 9.84 Å². The van der Waals surface area contributed by atoms with Crippen LogP contribution in [0.3, 0.4) is 0 Å². The second-order valence-corrected chi connectivity index (χ2v) is 7.09. The summed E-state index contributed by atoms with van der Waals surface area (Å²) in [6.07, 6.45) is 2.26. The number of carboxylic acid groups (broad SMARTS) is 1. The summed E-state index contributed by atoms with van der Waals surface area (Å²) in [6, 6.07) is 5.22. The predicted octanol–water partition coefficient (Wildman–Crippen LogP) is 3.17. The van der Waals surface area contributed by atoms with Crippen molar-refractivity contribution in [2.24, 2.45) is 0 Å². The molecule has 5 nitrogen and oxygen atoms in total. The fourth-order valence-corrected chi connectivity index (χ4v) is 3.48. The smallest absolute Gasteiger partial charge is 0.411 e. The number of carbonyl (C=O) groups excluding carboxylic acids is 1. The third-order valence-electron chi connectivity index (χ3n) is 4.54. The highest BCUT2D eigenvalue weighted by atomic mass is 16.6.